The molecule has 0 bridgehead atoms. The Hall–Kier alpha value is -3.50. The standard InChI is InChI=1S/C34H51N5O5/c1-4-26(23(2)3)19-31(41)29(18-25-13-9-6-10-14-25)38-34(44)30(20-27-21-35-22-37-27)39-33(43)28(32(42)36-15-16-40)17-24-11-7-5-8-12-24/h4-5,7-8,11-12,21-23,25-26,28-31,40-41H,1,6,9-10,13-20H2,2-3H3,(H,35,37)(H,36,42)(H,38,44)(H,39,43)/t26-,28?,29-,30-,31-/m0/s1. The van der Waals surface area contributed by atoms with E-state index >= 15 is 0 Å². The number of allylic oxidation sites excluding steroid dienone is 1. The summed E-state index contributed by atoms with van der Waals surface area (Å²) in [4.78, 5) is 47.8. The molecule has 10 heteroatoms. The van der Waals surface area contributed by atoms with E-state index in [0.29, 0.717) is 30.4 Å². The summed E-state index contributed by atoms with van der Waals surface area (Å²) in [5, 5.41) is 29.2. The lowest BCUT2D eigenvalue weighted by atomic mass is 9.81. The molecule has 242 valence electrons. The summed E-state index contributed by atoms with van der Waals surface area (Å²) in [7, 11) is 0. The van der Waals surface area contributed by atoms with Gasteiger partial charge in [-0.25, -0.2) is 4.98 Å². The molecule has 0 aliphatic heterocycles. The molecule has 6 N–H and O–H groups in total. The molecule has 1 heterocycles. The van der Waals surface area contributed by atoms with Gasteiger partial charge in [0.2, 0.25) is 17.7 Å². The van der Waals surface area contributed by atoms with Crippen LogP contribution in [0.3, 0.4) is 0 Å². The second-order valence-electron chi connectivity index (χ2n) is 12.4. The Morgan fingerprint density at radius 3 is 2.39 bits per heavy atom. The fourth-order valence-corrected chi connectivity index (χ4v) is 6.01. The highest BCUT2D eigenvalue weighted by Crippen LogP contribution is 2.30. The van der Waals surface area contributed by atoms with E-state index in [1.165, 1.54) is 12.7 Å². The normalized spacial score (nSPS) is 17.2. The van der Waals surface area contributed by atoms with E-state index in [2.05, 4.69) is 46.3 Å². The van der Waals surface area contributed by atoms with Gasteiger partial charge in [0.05, 0.1) is 30.8 Å². The first-order valence-corrected chi connectivity index (χ1v) is 16.0. The Morgan fingerprint density at radius 1 is 1.05 bits per heavy atom. The van der Waals surface area contributed by atoms with Crippen LogP contribution in [0.4, 0.5) is 0 Å². The van der Waals surface area contributed by atoms with Crippen molar-refractivity contribution in [3.8, 4) is 0 Å². The minimum Gasteiger partial charge on any atom is -0.395 e. The summed E-state index contributed by atoms with van der Waals surface area (Å²) >= 11 is 0. The second kappa shape index (κ2) is 18.3. The molecule has 3 rings (SSSR count). The van der Waals surface area contributed by atoms with Crippen LogP contribution in [0.1, 0.15) is 70.1 Å². The van der Waals surface area contributed by atoms with Crippen molar-refractivity contribution >= 4 is 17.7 Å². The van der Waals surface area contributed by atoms with E-state index in [1.807, 2.05) is 36.4 Å². The van der Waals surface area contributed by atoms with Crippen LogP contribution >= 0.6 is 0 Å². The highest BCUT2D eigenvalue weighted by molar-refractivity contribution is 6.02. The number of nitrogens with zero attached hydrogens (tertiary/aromatic N) is 1. The van der Waals surface area contributed by atoms with Crippen LogP contribution < -0.4 is 16.0 Å². The quantitative estimate of drug-likeness (QED) is 0.113. The number of imidazole rings is 1. The third kappa shape index (κ3) is 11.2. The van der Waals surface area contributed by atoms with Gasteiger partial charge in [-0.2, -0.15) is 0 Å². The minimum atomic E-state index is -1.12. The lowest BCUT2D eigenvalue weighted by Gasteiger charge is -2.33. The lowest BCUT2D eigenvalue weighted by Crippen LogP contribution is -2.56. The van der Waals surface area contributed by atoms with Crippen molar-refractivity contribution in [1.82, 2.24) is 25.9 Å². The van der Waals surface area contributed by atoms with Crippen LogP contribution in [0.5, 0.6) is 0 Å². The Kier molecular flexibility index (Phi) is 14.6. The third-order valence-corrected chi connectivity index (χ3v) is 8.70. The van der Waals surface area contributed by atoms with E-state index in [0.717, 1.165) is 31.2 Å². The second-order valence-corrected chi connectivity index (χ2v) is 12.4. The first kappa shape index (κ1) is 35.0. The average Bonchev–Trinajstić information content (AvgIpc) is 3.54. The van der Waals surface area contributed by atoms with Crippen molar-refractivity contribution in [3.63, 3.8) is 0 Å². The maximum atomic E-state index is 13.9. The summed E-state index contributed by atoms with van der Waals surface area (Å²) in [6.45, 7) is 7.88. The lowest BCUT2D eigenvalue weighted by molar-refractivity contribution is -0.138. The number of carbonyl (C=O) groups excluding carboxylic acids is 3. The van der Waals surface area contributed by atoms with Gasteiger partial charge in [-0.05, 0) is 42.6 Å². The molecule has 1 aromatic carbocycles. The fourth-order valence-electron chi connectivity index (χ4n) is 6.01. The summed E-state index contributed by atoms with van der Waals surface area (Å²) < 4.78 is 0. The smallest absolute Gasteiger partial charge is 0.243 e. The van der Waals surface area contributed by atoms with Crippen molar-refractivity contribution in [2.75, 3.05) is 13.2 Å². The van der Waals surface area contributed by atoms with Gasteiger partial charge in [-0.15, -0.1) is 6.58 Å². The number of rotatable bonds is 18. The summed E-state index contributed by atoms with van der Waals surface area (Å²) in [6.07, 6.45) is 11.2. The summed E-state index contributed by atoms with van der Waals surface area (Å²) in [6, 6.07) is 7.65. The number of nitrogens with one attached hydrogen (secondary N) is 4. The predicted molar refractivity (Wildman–Crippen MR) is 170 cm³/mol. The van der Waals surface area contributed by atoms with Crippen molar-refractivity contribution in [3.05, 3.63) is 66.8 Å². The molecule has 0 radical (unpaired) electrons. The molecule has 1 unspecified atom stereocenters. The highest BCUT2D eigenvalue weighted by Gasteiger charge is 2.34. The third-order valence-electron chi connectivity index (χ3n) is 8.70. The van der Waals surface area contributed by atoms with Crippen LogP contribution in [0.2, 0.25) is 0 Å². The summed E-state index contributed by atoms with van der Waals surface area (Å²) in [5.41, 5.74) is 1.36. The molecule has 5 atom stereocenters. The van der Waals surface area contributed by atoms with Crippen LogP contribution in [0, 0.1) is 23.7 Å². The van der Waals surface area contributed by atoms with E-state index < -0.39 is 41.8 Å². The Bertz CT molecular complexity index is 1150. The molecule has 10 nitrogen and oxygen atoms in total. The Balaban J connectivity index is 1.83. The topological polar surface area (TPSA) is 156 Å². The maximum Gasteiger partial charge on any atom is 0.243 e. The monoisotopic (exact) mass is 609 g/mol. The zero-order valence-electron chi connectivity index (χ0n) is 26.2. The van der Waals surface area contributed by atoms with E-state index in [1.54, 1.807) is 6.20 Å². The molecule has 1 aromatic heterocycles. The first-order chi connectivity index (χ1) is 21.2. The Morgan fingerprint density at radius 2 is 1.77 bits per heavy atom. The molecular weight excluding hydrogens is 558 g/mol. The van der Waals surface area contributed by atoms with E-state index in [4.69, 9.17) is 0 Å². The summed E-state index contributed by atoms with van der Waals surface area (Å²) in [5.74, 6) is -1.92. The van der Waals surface area contributed by atoms with Crippen molar-refractivity contribution < 1.29 is 24.6 Å². The fraction of sp³-hybridized carbons (Fsp3) is 0.588. The van der Waals surface area contributed by atoms with Crippen LogP contribution in [-0.4, -0.2) is 69.2 Å². The molecule has 1 aliphatic rings. The predicted octanol–water partition coefficient (Wildman–Crippen LogP) is 3.07. The maximum absolute atomic E-state index is 13.9. The van der Waals surface area contributed by atoms with Crippen molar-refractivity contribution in [2.45, 2.75) is 89.8 Å². The molecule has 1 saturated carbocycles. The molecule has 0 spiro atoms. The molecular formula is C34H51N5O5. The van der Waals surface area contributed by atoms with Gasteiger partial charge in [-0.1, -0.05) is 82.4 Å². The van der Waals surface area contributed by atoms with Gasteiger partial charge >= 0.3 is 0 Å². The van der Waals surface area contributed by atoms with Crippen LogP contribution in [0.15, 0.2) is 55.5 Å². The highest BCUT2D eigenvalue weighted by atomic mass is 16.3. The van der Waals surface area contributed by atoms with Gasteiger partial charge in [0.15, 0.2) is 0 Å². The zero-order valence-corrected chi connectivity index (χ0v) is 26.2. The number of aromatic amines is 1. The van der Waals surface area contributed by atoms with Crippen molar-refractivity contribution in [2.24, 2.45) is 23.7 Å². The number of aliphatic hydroxyl groups excluding tert-OH is 2. The van der Waals surface area contributed by atoms with Crippen molar-refractivity contribution in [1.29, 1.82) is 0 Å². The zero-order chi connectivity index (χ0) is 31.9. The number of carbonyl (C=O) groups is 3. The van der Waals surface area contributed by atoms with Gasteiger partial charge in [-0.3, -0.25) is 14.4 Å². The number of aliphatic hydroxyl groups is 2. The number of hydrogen-bond donors (Lipinski definition) is 6. The van der Waals surface area contributed by atoms with Crippen LogP contribution in [-0.2, 0) is 27.2 Å². The molecule has 1 fully saturated rings. The molecule has 1 aliphatic carbocycles. The van der Waals surface area contributed by atoms with Crippen LogP contribution in [0.25, 0.3) is 0 Å². The largest absolute Gasteiger partial charge is 0.395 e. The number of benzene rings is 1. The number of hydrogen-bond acceptors (Lipinski definition) is 6. The molecule has 2 aromatic rings. The van der Waals surface area contributed by atoms with E-state index in [9.17, 15) is 24.6 Å². The van der Waals surface area contributed by atoms with Gasteiger partial charge in [0.25, 0.3) is 0 Å². The Labute approximate surface area is 261 Å². The first-order valence-electron chi connectivity index (χ1n) is 16.0. The van der Waals surface area contributed by atoms with E-state index in [-0.39, 0.29) is 31.9 Å². The number of amides is 3. The van der Waals surface area contributed by atoms with Gasteiger partial charge < -0.3 is 31.1 Å². The molecule has 44 heavy (non-hydrogen) atoms. The number of H-pyrrole nitrogens is 1. The molecule has 3 amide bonds. The number of aromatic nitrogens is 2. The van der Waals surface area contributed by atoms with Gasteiger partial charge in [0.1, 0.15) is 12.0 Å². The molecule has 0 saturated heterocycles. The SMILES string of the molecule is C=C[C@@H](C[C@H](O)[C@H](CC1CCCCC1)NC(=O)[C@H](Cc1c[nH]cn1)NC(=O)C(Cc1ccccc1)C(=O)NCCO)C(C)C. The minimum absolute atomic E-state index is 0.0113. The van der Waals surface area contributed by atoms with Gasteiger partial charge in [0, 0.05) is 19.2 Å². The average molecular weight is 610 g/mol.